The molecule has 0 bridgehead atoms. The van der Waals surface area contributed by atoms with Crippen LogP contribution in [0.25, 0.3) is 5.69 Å². The molecule has 0 aliphatic heterocycles. The van der Waals surface area contributed by atoms with Crippen molar-refractivity contribution in [2.24, 2.45) is 0 Å². The quantitative estimate of drug-likeness (QED) is 0.687. The summed E-state index contributed by atoms with van der Waals surface area (Å²) < 4.78 is 12.2. The predicted molar refractivity (Wildman–Crippen MR) is 99.0 cm³/mol. The molecule has 0 radical (unpaired) electrons. The Morgan fingerprint density at radius 1 is 1.11 bits per heavy atom. The topological polar surface area (TPSA) is 91.2 Å². The number of hydrogen-bond acceptors (Lipinski definition) is 6. The number of aromatic nitrogens is 4. The Labute approximate surface area is 157 Å². The summed E-state index contributed by atoms with van der Waals surface area (Å²) in [5, 5.41) is 14.5. The zero-order valence-electron chi connectivity index (χ0n) is 15.5. The molecule has 8 nitrogen and oxygen atoms in total. The molecule has 27 heavy (non-hydrogen) atoms. The maximum atomic E-state index is 12.1. The van der Waals surface area contributed by atoms with Gasteiger partial charge in [0, 0.05) is 6.07 Å². The van der Waals surface area contributed by atoms with E-state index in [1.54, 1.807) is 36.1 Å². The first kappa shape index (κ1) is 18.4. The van der Waals surface area contributed by atoms with E-state index in [4.69, 9.17) is 9.47 Å². The van der Waals surface area contributed by atoms with Crippen LogP contribution in [-0.2, 0) is 11.3 Å². The van der Waals surface area contributed by atoms with Gasteiger partial charge >= 0.3 is 0 Å². The van der Waals surface area contributed by atoms with Crippen LogP contribution < -0.4 is 14.8 Å². The summed E-state index contributed by atoms with van der Waals surface area (Å²) in [6, 6.07) is 13.0. The minimum atomic E-state index is -0.271. The van der Waals surface area contributed by atoms with Gasteiger partial charge in [0.2, 0.25) is 0 Å². The molecule has 1 aromatic heterocycles. The number of tetrazole rings is 1. The molecule has 0 aliphatic rings. The average Bonchev–Trinajstić information content (AvgIpc) is 3.15. The lowest BCUT2D eigenvalue weighted by atomic mass is 10.1. The lowest BCUT2D eigenvalue weighted by Crippen LogP contribution is -2.29. The Bertz CT molecular complexity index is 939. The van der Waals surface area contributed by atoms with Crippen LogP contribution in [-0.4, -0.2) is 39.8 Å². The summed E-state index contributed by atoms with van der Waals surface area (Å²) in [5.74, 6) is 1.49. The second-order valence-corrected chi connectivity index (χ2v) is 6.02. The van der Waals surface area contributed by atoms with Crippen LogP contribution in [0.5, 0.6) is 11.5 Å². The Balaban J connectivity index is 1.58. The maximum absolute atomic E-state index is 12.1. The highest BCUT2D eigenvalue weighted by molar-refractivity contribution is 5.77. The third-order valence-electron chi connectivity index (χ3n) is 4.12. The van der Waals surface area contributed by atoms with E-state index in [1.165, 1.54) is 5.56 Å². The molecule has 140 valence electrons. The minimum Gasteiger partial charge on any atom is -0.497 e. The summed E-state index contributed by atoms with van der Waals surface area (Å²) in [6.07, 6.45) is 0. The SMILES string of the molecule is COc1cccc(OCC(=O)NCc2nnnn2-c2ccc(C)c(C)c2)c1. The van der Waals surface area contributed by atoms with Crippen LogP contribution in [0.1, 0.15) is 17.0 Å². The number of aryl methyl sites for hydroxylation is 2. The highest BCUT2D eigenvalue weighted by atomic mass is 16.5. The van der Waals surface area contributed by atoms with Gasteiger partial charge in [-0.1, -0.05) is 12.1 Å². The van der Waals surface area contributed by atoms with Gasteiger partial charge in [0.25, 0.3) is 5.91 Å². The van der Waals surface area contributed by atoms with Crippen molar-refractivity contribution in [2.45, 2.75) is 20.4 Å². The van der Waals surface area contributed by atoms with E-state index < -0.39 is 0 Å². The average molecular weight is 367 g/mol. The zero-order chi connectivity index (χ0) is 19.2. The summed E-state index contributed by atoms with van der Waals surface area (Å²) in [5.41, 5.74) is 3.18. The smallest absolute Gasteiger partial charge is 0.258 e. The van der Waals surface area contributed by atoms with E-state index in [0.717, 1.165) is 11.3 Å². The van der Waals surface area contributed by atoms with Crippen LogP contribution in [0.3, 0.4) is 0 Å². The predicted octanol–water partition coefficient (Wildman–Crippen LogP) is 1.98. The molecular weight excluding hydrogens is 346 g/mol. The van der Waals surface area contributed by atoms with Crippen molar-refractivity contribution < 1.29 is 14.3 Å². The molecule has 0 spiro atoms. The summed E-state index contributed by atoms with van der Waals surface area (Å²) >= 11 is 0. The lowest BCUT2D eigenvalue weighted by molar-refractivity contribution is -0.123. The van der Waals surface area contributed by atoms with Gasteiger partial charge in [-0.15, -0.1) is 5.10 Å². The van der Waals surface area contributed by atoms with E-state index in [-0.39, 0.29) is 19.1 Å². The molecule has 0 unspecified atom stereocenters. The normalized spacial score (nSPS) is 10.5. The number of ether oxygens (including phenoxy) is 2. The van der Waals surface area contributed by atoms with Gasteiger partial charge < -0.3 is 14.8 Å². The Morgan fingerprint density at radius 2 is 1.93 bits per heavy atom. The number of benzene rings is 2. The zero-order valence-corrected chi connectivity index (χ0v) is 15.5. The van der Waals surface area contributed by atoms with Crippen LogP contribution >= 0.6 is 0 Å². The Kier molecular flexibility index (Phi) is 5.65. The first-order valence-electron chi connectivity index (χ1n) is 8.45. The van der Waals surface area contributed by atoms with Gasteiger partial charge in [0.05, 0.1) is 19.3 Å². The van der Waals surface area contributed by atoms with Gasteiger partial charge in [0.1, 0.15) is 11.5 Å². The number of nitrogens with zero attached hydrogens (tertiary/aromatic N) is 4. The third kappa shape index (κ3) is 4.60. The Hall–Kier alpha value is -3.42. The van der Waals surface area contributed by atoms with Gasteiger partial charge in [-0.2, -0.15) is 4.68 Å². The molecular formula is C19H21N5O3. The molecule has 0 atom stereocenters. The number of methoxy groups -OCH3 is 1. The van der Waals surface area contributed by atoms with Gasteiger partial charge in [-0.05, 0) is 59.7 Å². The minimum absolute atomic E-state index is 0.113. The molecule has 0 saturated carbocycles. The van der Waals surface area contributed by atoms with Gasteiger partial charge in [0.15, 0.2) is 12.4 Å². The molecule has 2 aromatic carbocycles. The second kappa shape index (κ2) is 8.31. The highest BCUT2D eigenvalue weighted by Gasteiger charge is 2.11. The van der Waals surface area contributed by atoms with E-state index in [0.29, 0.717) is 17.3 Å². The molecule has 1 heterocycles. The van der Waals surface area contributed by atoms with Gasteiger partial charge in [-0.25, -0.2) is 0 Å². The molecule has 0 fully saturated rings. The van der Waals surface area contributed by atoms with Crippen molar-refractivity contribution in [1.82, 2.24) is 25.5 Å². The van der Waals surface area contributed by atoms with Crippen molar-refractivity contribution in [1.29, 1.82) is 0 Å². The fraction of sp³-hybridized carbons (Fsp3) is 0.263. The standard InChI is InChI=1S/C19H21N5O3/c1-13-7-8-15(9-14(13)2)24-18(21-22-23-24)11-20-19(25)12-27-17-6-4-5-16(10-17)26-3/h4-10H,11-12H2,1-3H3,(H,20,25). The monoisotopic (exact) mass is 367 g/mol. The fourth-order valence-electron chi connectivity index (χ4n) is 2.44. The summed E-state index contributed by atoms with van der Waals surface area (Å²) in [7, 11) is 1.57. The van der Waals surface area contributed by atoms with E-state index in [2.05, 4.69) is 20.8 Å². The number of carbonyl (C=O) groups excluding carboxylic acids is 1. The first-order valence-corrected chi connectivity index (χ1v) is 8.45. The van der Waals surface area contributed by atoms with Crippen LogP contribution in [0.15, 0.2) is 42.5 Å². The van der Waals surface area contributed by atoms with Crippen molar-refractivity contribution in [2.75, 3.05) is 13.7 Å². The third-order valence-corrected chi connectivity index (χ3v) is 4.12. The fourth-order valence-corrected chi connectivity index (χ4v) is 2.44. The number of hydrogen-bond donors (Lipinski definition) is 1. The second-order valence-electron chi connectivity index (χ2n) is 6.02. The van der Waals surface area contributed by atoms with E-state index >= 15 is 0 Å². The maximum Gasteiger partial charge on any atom is 0.258 e. The van der Waals surface area contributed by atoms with E-state index in [9.17, 15) is 4.79 Å². The molecule has 1 N–H and O–H groups in total. The van der Waals surface area contributed by atoms with Crippen molar-refractivity contribution in [3.05, 3.63) is 59.4 Å². The first-order chi connectivity index (χ1) is 13.1. The number of rotatable bonds is 7. The van der Waals surface area contributed by atoms with Crippen LogP contribution in [0.2, 0.25) is 0 Å². The number of amides is 1. The van der Waals surface area contributed by atoms with Crippen molar-refractivity contribution in [3.63, 3.8) is 0 Å². The molecule has 3 rings (SSSR count). The summed E-state index contributed by atoms with van der Waals surface area (Å²) in [6.45, 7) is 4.15. The molecule has 3 aromatic rings. The van der Waals surface area contributed by atoms with Crippen LogP contribution in [0, 0.1) is 13.8 Å². The summed E-state index contributed by atoms with van der Waals surface area (Å²) in [4.78, 5) is 12.1. The van der Waals surface area contributed by atoms with Crippen LogP contribution in [0.4, 0.5) is 0 Å². The molecule has 0 aliphatic carbocycles. The molecule has 8 heteroatoms. The lowest BCUT2D eigenvalue weighted by Gasteiger charge is -2.09. The van der Waals surface area contributed by atoms with Gasteiger partial charge in [-0.3, -0.25) is 4.79 Å². The number of carbonyl (C=O) groups is 1. The Morgan fingerprint density at radius 3 is 2.70 bits per heavy atom. The largest absolute Gasteiger partial charge is 0.497 e. The van der Waals surface area contributed by atoms with Crippen molar-refractivity contribution >= 4 is 5.91 Å². The molecule has 0 saturated heterocycles. The van der Waals surface area contributed by atoms with E-state index in [1.807, 2.05) is 32.0 Å². The molecule has 1 amide bonds. The van der Waals surface area contributed by atoms with Crippen molar-refractivity contribution in [3.8, 4) is 17.2 Å². The highest BCUT2D eigenvalue weighted by Crippen LogP contribution is 2.18. The number of nitrogens with one attached hydrogen (secondary N) is 1.